The summed E-state index contributed by atoms with van der Waals surface area (Å²) in [7, 11) is 0. The van der Waals surface area contributed by atoms with Gasteiger partial charge in [0.05, 0.1) is 18.0 Å². The quantitative estimate of drug-likeness (QED) is 0.821. The van der Waals surface area contributed by atoms with Crippen molar-refractivity contribution in [2.75, 3.05) is 36.5 Å². The average Bonchev–Trinajstić information content (AvgIpc) is 2.49. The largest absolute Gasteiger partial charge is 0.383 e. The molecule has 1 aromatic carbocycles. The molecule has 0 spiro atoms. The van der Waals surface area contributed by atoms with Gasteiger partial charge in [-0.05, 0) is 25.0 Å². The van der Waals surface area contributed by atoms with Crippen LogP contribution in [0.2, 0.25) is 0 Å². The molecule has 1 aliphatic rings. The summed E-state index contributed by atoms with van der Waals surface area (Å²) in [6.45, 7) is 2.61. The van der Waals surface area contributed by atoms with E-state index in [0.29, 0.717) is 6.42 Å². The maximum atomic E-state index is 12.2. The highest BCUT2D eigenvalue weighted by molar-refractivity contribution is 5.70. The SMILES string of the molecule is FCCCN1CCCNc2ccccc21. The van der Waals surface area contributed by atoms with E-state index in [9.17, 15) is 4.39 Å². The topological polar surface area (TPSA) is 15.3 Å². The third kappa shape index (κ3) is 2.41. The number of hydrogen-bond donors (Lipinski definition) is 1. The van der Waals surface area contributed by atoms with Crippen molar-refractivity contribution in [2.24, 2.45) is 0 Å². The molecule has 0 saturated carbocycles. The van der Waals surface area contributed by atoms with Gasteiger partial charge >= 0.3 is 0 Å². The molecule has 1 aliphatic heterocycles. The summed E-state index contributed by atoms with van der Waals surface area (Å²) < 4.78 is 12.2. The summed E-state index contributed by atoms with van der Waals surface area (Å²) in [5.74, 6) is 0. The van der Waals surface area contributed by atoms with E-state index >= 15 is 0 Å². The smallest absolute Gasteiger partial charge is 0.0911 e. The molecule has 0 unspecified atom stereocenters. The monoisotopic (exact) mass is 208 g/mol. The van der Waals surface area contributed by atoms with Crippen LogP contribution in [0.15, 0.2) is 24.3 Å². The van der Waals surface area contributed by atoms with Crippen molar-refractivity contribution in [3.63, 3.8) is 0 Å². The van der Waals surface area contributed by atoms with E-state index < -0.39 is 0 Å². The molecule has 0 fully saturated rings. The Hall–Kier alpha value is -1.25. The highest BCUT2D eigenvalue weighted by Gasteiger charge is 2.13. The molecule has 0 aliphatic carbocycles. The van der Waals surface area contributed by atoms with Gasteiger partial charge in [0.2, 0.25) is 0 Å². The zero-order valence-corrected chi connectivity index (χ0v) is 8.88. The normalized spacial score (nSPS) is 15.4. The zero-order valence-electron chi connectivity index (χ0n) is 8.88. The fraction of sp³-hybridized carbons (Fsp3) is 0.500. The molecule has 0 aromatic heterocycles. The second-order valence-corrected chi connectivity index (χ2v) is 3.83. The summed E-state index contributed by atoms with van der Waals surface area (Å²) >= 11 is 0. The first-order valence-corrected chi connectivity index (χ1v) is 5.55. The summed E-state index contributed by atoms with van der Waals surface area (Å²) in [5.41, 5.74) is 2.39. The van der Waals surface area contributed by atoms with Gasteiger partial charge in [-0.2, -0.15) is 0 Å². The molecular formula is C12H17FN2. The van der Waals surface area contributed by atoms with Crippen LogP contribution in [0.3, 0.4) is 0 Å². The van der Waals surface area contributed by atoms with Gasteiger partial charge in [0, 0.05) is 19.6 Å². The van der Waals surface area contributed by atoms with Crippen LogP contribution in [0.5, 0.6) is 0 Å². The van der Waals surface area contributed by atoms with Crippen molar-refractivity contribution < 1.29 is 4.39 Å². The summed E-state index contributed by atoms with van der Waals surface area (Å²) in [5, 5.41) is 3.40. The van der Waals surface area contributed by atoms with Crippen LogP contribution in [0, 0.1) is 0 Å². The number of nitrogens with one attached hydrogen (secondary N) is 1. The Balaban J connectivity index is 2.17. The number of para-hydroxylation sites is 2. The molecule has 15 heavy (non-hydrogen) atoms. The standard InChI is InChI=1S/C12H17FN2/c13-7-3-9-15-10-4-8-14-11-5-1-2-6-12(11)15/h1-2,5-6,14H,3-4,7-10H2. The van der Waals surface area contributed by atoms with Crippen LogP contribution in [-0.4, -0.2) is 26.3 Å². The minimum atomic E-state index is -0.230. The number of alkyl halides is 1. The van der Waals surface area contributed by atoms with Crippen molar-refractivity contribution in [3.05, 3.63) is 24.3 Å². The van der Waals surface area contributed by atoms with Gasteiger partial charge in [0.1, 0.15) is 0 Å². The Morgan fingerprint density at radius 2 is 2.20 bits per heavy atom. The Labute approximate surface area is 90.1 Å². The minimum Gasteiger partial charge on any atom is -0.383 e. The number of fused-ring (bicyclic) bond motifs is 1. The summed E-state index contributed by atoms with van der Waals surface area (Å²) in [4.78, 5) is 2.27. The van der Waals surface area contributed by atoms with Crippen LogP contribution >= 0.6 is 0 Å². The van der Waals surface area contributed by atoms with Crippen LogP contribution in [0.1, 0.15) is 12.8 Å². The van der Waals surface area contributed by atoms with Gasteiger partial charge in [-0.1, -0.05) is 12.1 Å². The van der Waals surface area contributed by atoms with Crippen molar-refractivity contribution in [1.82, 2.24) is 0 Å². The number of halogens is 1. The highest BCUT2D eigenvalue weighted by atomic mass is 19.1. The molecule has 2 rings (SSSR count). The molecule has 0 radical (unpaired) electrons. The Morgan fingerprint density at radius 3 is 3.07 bits per heavy atom. The van der Waals surface area contributed by atoms with Crippen LogP contribution < -0.4 is 10.2 Å². The third-order valence-electron chi connectivity index (χ3n) is 2.73. The van der Waals surface area contributed by atoms with Crippen molar-refractivity contribution in [1.29, 1.82) is 0 Å². The molecule has 2 nitrogen and oxygen atoms in total. The fourth-order valence-corrected chi connectivity index (χ4v) is 2.00. The lowest BCUT2D eigenvalue weighted by Crippen LogP contribution is -2.25. The van der Waals surface area contributed by atoms with Gasteiger partial charge in [-0.15, -0.1) is 0 Å². The molecule has 0 bridgehead atoms. The second kappa shape index (κ2) is 5.01. The molecule has 0 saturated heterocycles. The second-order valence-electron chi connectivity index (χ2n) is 3.83. The van der Waals surface area contributed by atoms with Crippen molar-refractivity contribution >= 4 is 11.4 Å². The van der Waals surface area contributed by atoms with E-state index in [1.54, 1.807) is 0 Å². The number of rotatable bonds is 3. The maximum absolute atomic E-state index is 12.2. The number of nitrogens with zero attached hydrogens (tertiary/aromatic N) is 1. The van der Waals surface area contributed by atoms with E-state index in [1.807, 2.05) is 12.1 Å². The average molecular weight is 208 g/mol. The van der Waals surface area contributed by atoms with Gasteiger partial charge in [0.25, 0.3) is 0 Å². The highest BCUT2D eigenvalue weighted by Crippen LogP contribution is 2.27. The molecular weight excluding hydrogens is 191 g/mol. The number of anilines is 2. The molecule has 1 N–H and O–H groups in total. The lowest BCUT2D eigenvalue weighted by Gasteiger charge is -2.23. The Bertz CT molecular complexity index is 314. The summed E-state index contributed by atoms with van der Waals surface area (Å²) in [6, 6.07) is 8.26. The van der Waals surface area contributed by atoms with E-state index in [4.69, 9.17) is 0 Å². The predicted octanol–water partition coefficient (Wildman–Crippen LogP) is 2.67. The van der Waals surface area contributed by atoms with E-state index in [2.05, 4.69) is 22.3 Å². The van der Waals surface area contributed by atoms with Crippen molar-refractivity contribution in [2.45, 2.75) is 12.8 Å². The third-order valence-corrected chi connectivity index (χ3v) is 2.73. The van der Waals surface area contributed by atoms with Gasteiger partial charge in [-0.3, -0.25) is 4.39 Å². The van der Waals surface area contributed by atoms with Crippen LogP contribution in [0.25, 0.3) is 0 Å². The minimum absolute atomic E-state index is 0.230. The first-order chi connectivity index (χ1) is 7.42. The molecule has 3 heteroatoms. The van der Waals surface area contributed by atoms with Crippen molar-refractivity contribution in [3.8, 4) is 0 Å². The predicted molar refractivity (Wildman–Crippen MR) is 62.4 cm³/mol. The van der Waals surface area contributed by atoms with E-state index in [1.165, 1.54) is 11.4 Å². The molecule has 1 heterocycles. The van der Waals surface area contributed by atoms with Gasteiger partial charge in [0.15, 0.2) is 0 Å². The summed E-state index contributed by atoms with van der Waals surface area (Å²) in [6.07, 6.45) is 1.73. The van der Waals surface area contributed by atoms with Gasteiger partial charge < -0.3 is 10.2 Å². The Kier molecular flexibility index (Phi) is 3.43. The maximum Gasteiger partial charge on any atom is 0.0911 e. The Morgan fingerprint density at radius 1 is 1.33 bits per heavy atom. The fourth-order valence-electron chi connectivity index (χ4n) is 2.00. The molecule has 1 aromatic rings. The van der Waals surface area contributed by atoms with Gasteiger partial charge in [-0.25, -0.2) is 0 Å². The molecule has 0 atom stereocenters. The van der Waals surface area contributed by atoms with E-state index in [-0.39, 0.29) is 6.67 Å². The zero-order chi connectivity index (χ0) is 10.5. The van der Waals surface area contributed by atoms with E-state index in [0.717, 1.165) is 26.1 Å². The lowest BCUT2D eigenvalue weighted by molar-refractivity contribution is 0.471. The number of hydrogen-bond acceptors (Lipinski definition) is 2. The van der Waals surface area contributed by atoms with Crippen LogP contribution in [-0.2, 0) is 0 Å². The number of benzene rings is 1. The first kappa shape index (κ1) is 10.3. The first-order valence-electron chi connectivity index (χ1n) is 5.55. The molecule has 82 valence electrons. The lowest BCUT2D eigenvalue weighted by atomic mass is 10.2. The van der Waals surface area contributed by atoms with Crippen LogP contribution in [0.4, 0.5) is 15.8 Å². The molecule has 0 amide bonds.